The summed E-state index contributed by atoms with van der Waals surface area (Å²) in [5.74, 6) is 2.26. The van der Waals surface area contributed by atoms with Crippen molar-refractivity contribution >= 4 is 23.3 Å². The summed E-state index contributed by atoms with van der Waals surface area (Å²) in [7, 11) is 1.64. The van der Waals surface area contributed by atoms with Crippen molar-refractivity contribution in [2.45, 2.75) is 20.4 Å². The maximum absolute atomic E-state index is 5.62. The predicted molar refractivity (Wildman–Crippen MR) is 78.8 cm³/mol. The first kappa shape index (κ1) is 12.9. The van der Waals surface area contributed by atoms with Gasteiger partial charge in [-0.25, -0.2) is 4.98 Å². The predicted octanol–water partition coefficient (Wildman–Crippen LogP) is 3.36. The van der Waals surface area contributed by atoms with Crippen molar-refractivity contribution in [1.29, 1.82) is 0 Å². The number of benzene rings is 1. The first-order chi connectivity index (χ1) is 9.60. The Kier molecular flexibility index (Phi) is 3.10. The Morgan fingerprint density at radius 3 is 2.85 bits per heavy atom. The van der Waals surface area contributed by atoms with Gasteiger partial charge in [-0.05, 0) is 38.2 Å². The second-order valence-electron chi connectivity index (χ2n) is 4.62. The van der Waals surface area contributed by atoms with Crippen LogP contribution < -0.4 is 4.74 Å². The fourth-order valence-corrected chi connectivity index (χ4v) is 2.49. The molecule has 3 aromatic rings. The molecular weight excluding hydrogens is 274 g/mol. The topological polar surface area (TPSA) is 56.0 Å². The van der Waals surface area contributed by atoms with Crippen molar-refractivity contribution in [3.63, 3.8) is 0 Å². The van der Waals surface area contributed by atoms with Gasteiger partial charge < -0.3 is 18.7 Å². The van der Waals surface area contributed by atoms with Gasteiger partial charge in [-0.2, -0.15) is 0 Å². The monoisotopic (exact) mass is 289 g/mol. The second-order valence-corrected chi connectivity index (χ2v) is 5.01. The van der Waals surface area contributed by atoms with Gasteiger partial charge >= 0.3 is 0 Å². The molecule has 0 saturated carbocycles. The smallest absolute Gasteiger partial charge is 0.214 e. The van der Waals surface area contributed by atoms with Gasteiger partial charge in [-0.15, -0.1) is 0 Å². The normalized spacial score (nSPS) is 11.2. The van der Waals surface area contributed by atoms with E-state index in [-0.39, 0.29) is 0 Å². The Morgan fingerprint density at radius 2 is 2.20 bits per heavy atom. The van der Waals surface area contributed by atoms with Crippen molar-refractivity contribution < 1.29 is 9.15 Å². The average Bonchev–Trinajstić information content (AvgIpc) is 2.91. The lowest BCUT2D eigenvalue weighted by atomic mass is 10.3. The number of para-hydroxylation sites is 1. The molecule has 0 spiro atoms. The third kappa shape index (κ3) is 2.02. The van der Waals surface area contributed by atoms with E-state index < -0.39 is 0 Å². The van der Waals surface area contributed by atoms with Crippen molar-refractivity contribution in [2.24, 2.45) is 0 Å². The summed E-state index contributed by atoms with van der Waals surface area (Å²) in [5, 5.41) is 0. The third-order valence-corrected chi connectivity index (χ3v) is 3.68. The maximum Gasteiger partial charge on any atom is 0.214 e. The van der Waals surface area contributed by atoms with Gasteiger partial charge in [0.25, 0.3) is 0 Å². The van der Waals surface area contributed by atoms with E-state index in [2.05, 4.69) is 9.97 Å². The molecule has 0 aliphatic heterocycles. The lowest BCUT2D eigenvalue weighted by molar-refractivity contribution is 0.419. The van der Waals surface area contributed by atoms with E-state index in [1.165, 1.54) is 0 Å². The number of nitrogens with zero attached hydrogens (tertiary/aromatic N) is 2. The molecule has 0 atom stereocenters. The van der Waals surface area contributed by atoms with Crippen LogP contribution in [0.2, 0.25) is 0 Å². The Bertz CT molecular complexity index is 809. The number of rotatable bonds is 3. The Balaban J connectivity index is 2.12. The number of ether oxygens (including phenoxy) is 1. The summed E-state index contributed by atoms with van der Waals surface area (Å²) in [5.41, 5.74) is 2.77. The molecule has 0 aliphatic rings. The van der Waals surface area contributed by atoms with Crippen molar-refractivity contribution in [2.75, 3.05) is 7.11 Å². The van der Waals surface area contributed by atoms with Gasteiger partial charge in [-0.1, -0.05) is 6.07 Å². The highest BCUT2D eigenvalue weighted by Crippen LogP contribution is 2.25. The van der Waals surface area contributed by atoms with Crippen LogP contribution in [0, 0.1) is 18.6 Å². The lowest BCUT2D eigenvalue weighted by Crippen LogP contribution is -2.00. The van der Waals surface area contributed by atoms with Crippen LogP contribution in [0.4, 0.5) is 0 Å². The molecule has 0 unspecified atom stereocenters. The highest BCUT2D eigenvalue weighted by Gasteiger charge is 2.12. The van der Waals surface area contributed by atoms with Crippen LogP contribution >= 0.6 is 12.2 Å². The van der Waals surface area contributed by atoms with E-state index in [9.17, 15) is 0 Å². The molecule has 5 nitrogen and oxygen atoms in total. The van der Waals surface area contributed by atoms with Crippen LogP contribution in [0.3, 0.4) is 0 Å². The second kappa shape index (κ2) is 4.79. The third-order valence-electron chi connectivity index (χ3n) is 3.36. The van der Waals surface area contributed by atoms with Gasteiger partial charge in [0.05, 0.1) is 18.3 Å². The minimum Gasteiger partial charge on any atom is -0.494 e. The number of methoxy groups -OCH3 is 1. The zero-order chi connectivity index (χ0) is 14.3. The molecule has 20 heavy (non-hydrogen) atoms. The Hall–Kier alpha value is -2.08. The molecule has 0 bridgehead atoms. The summed E-state index contributed by atoms with van der Waals surface area (Å²) in [4.78, 5) is 7.57. The molecule has 2 aromatic heterocycles. The number of H-pyrrole nitrogens is 1. The van der Waals surface area contributed by atoms with Crippen molar-refractivity contribution in [3.8, 4) is 5.75 Å². The molecule has 0 amide bonds. The fraction of sp³-hybridized carbons (Fsp3) is 0.286. The zero-order valence-electron chi connectivity index (χ0n) is 11.6. The number of aryl methyl sites for hydroxylation is 2. The summed E-state index contributed by atoms with van der Waals surface area (Å²) in [6.45, 7) is 4.34. The van der Waals surface area contributed by atoms with Crippen LogP contribution in [-0.4, -0.2) is 21.6 Å². The number of fused-ring (bicyclic) bond motifs is 1. The first-order valence-corrected chi connectivity index (χ1v) is 6.69. The van der Waals surface area contributed by atoms with E-state index >= 15 is 0 Å². The minimum atomic E-state index is 0.501. The molecular formula is C14H15N3O2S. The van der Waals surface area contributed by atoms with Crippen LogP contribution in [0.1, 0.15) is 17.3 Å². The average molecular weight is 289 g/mol. The first-order valence-electron chi connectivity index (χ1n) is 6.28. The molecule has 2 heterocycles. The van der Waals surface area contributed by atoms with Gasteiger partial charge in [0, 0.05) is 0 Å². The molecule has 0 aliphatic carbocycles. The van der Waals surface area contributed by atoms with E-state index in [0.717, 1.165) is 28.2 Å². The number of imidazole rings is 1. The van der Waals surface area contributed by atoms with Crippen LogP contribution in [0.25, 0.3) is 11.0 Å². The molecule has 3 rings (SSSR count). The summed E-state index contributed by atoms with van der Waals surface area (Å²) in [6, 6.07) is 5.83. The SMILES string of the molecule is COc1cccc2c1[nH]c(=S)n2Cc1nc(C)c(C)o1. The molecule has 104 valence electrons. The molecule has 6 heteroatoms. The highest BCUT2D eigenvalue weighted by atomic mass is 32.1. The van der Waals surface area contributed by atoms with Crippen LogP contribution in [-0.2, 0) is 6.54 Å². The minimum absolute atomic E-state index is 0.501. The molecule has 0 saturated heterocycles. The van der Waals surface area contributed by atoms with E-state index in [4.69, 9.17) is 21.4 Å². The number of aromatic amines is 1. The number of oxazole rings is 1. The fourth-order valence-electron chi connectivity index (χ4n) is 2.22. The van der Waals surface area contributed by atoms with Crippen molar-refractivity contribution in [1.82, 2.24) is 14.5 Å². The summed E-state index contributed by atoms with van der Waals surface area (Å²) >= 11 is 5.38. The number of hydrogen-bond acceptors (Lipinski definition) is 4. The van der Waals surface area contributed by atoms with E-state index in [0.29, 0.717) is 17.2 Å². The van der Waals surface area contributed by atoms with E-state index in [1.807, 2.05) is 36.6 Å². The Morgan fingerprint density at radius 1 is 1.40 bits per heavy atom. The van der Waals surface area contributed by atoms with Crippen molar-refractivity contribution in [3.05, 3.63) is 40.3 Å². The molecule has 0 radical (unpaired) electrons. The van der Waals surface area contributed by atoms with Gasteiger partial charge in [0.2, 0.25) is 5.89 Å². The quantitative estimate of drug-likeness (QED) is 0.751. The van der Waals surface area contributed by atoms with Crippen LogP contribution in [0.15, 0.2) is 22.6 Å². The highest BCUT2D eigenvalue weighted by molar-refractivity contribution is 7.71. The maximum atomic E-state index is 5.62. The van der Waals surface area contributed by atoms with Gasteiger partial charge in [-0.3, -0.25) is 0 Å². The largest absolute Gasteiger partial charge is 0.494 e. The lowest BCUT2D eigenvalue weighted by Gasteiger charge is -2.03. The number of nitrogens with one attached hydrogen (secondary N) is 1. The number of aromatic nitrogens is 3. The molecule has 1 aromatic carbocycles. The van der Waals surface area contributed by atoms with Crippen LogP contribution in [0.5, 0.6) is 5.75 Å². The zero-order valence-corrected chi connectivity index (χ0v) is 12.4. The standard InChI is InChI=1S/C14H15N3O2S/c1-8-9(2)19-12(15-8)7-17-10-5-4-6-11(18-3)13(10)16-14(17)20/h4-6H,7H2,1-3H3,(H,16,20). The summed E-state index contributed by atoms with van der Waals surface area (Å²) in [6.07, 6.45) is 0. The summed E-state index contributed by atoms with van der Waals surface area (Å²) < 4.78 is 13.5. The van der Waals surface area contributed by atoms with Gasteiger partial charge in [0.15, 0.2) is 4.77 Å². The molecule has 1 N–H and O–H groups in total. The molecule has 0 fully saturated rings. The van der Waals surface area contributed by atoms with Gasteiger partial charge in [0.1, 0.15) is 23.6 Å². The van der Waals surface area contributed by atoms with E-state index in [1.54, 1.807) is 7.11 Å². The number of hydrogen-bond donors (Lipinski definition) is 1. The Labute approximate surface area is 121 Å².